The molecule has 0 aliphatic heterocycles. The summed E-state index contributed by atoms with van der Waals surface area (Å²) >= 11 is 5.45. The van der Waals surface area contributed by atoms with Crippen LogP contribution in [0.4, 0.5) is 10.1 Å². The molecule has 10 heteroatoms. The minimum Gasteiger partial charge on any atom is -0.327 e. The molecule has 0 saturated carbocycles. The van der Waals surface area contributed by atoms with Gasteiger partial charge in [0.1, 0.15) is 16.7 Å². The van der Waals surface area contributed by atoms with Crippen LogP contribution in [0.3, 0.4) is 0 Å². The molecule has 166 valence electrons. The van der Waals surface area contributed by atoms with Crippen LogP contribution < -0.4 is 4.72 Å². The van der Waals surface area contributed by atoms with Crippen molar-refractivity contribution in [2.24, 2.45) is 7.05 Å². The molecule has 0 unspecified atom stereocenters. The first-order valence-electron chi connectivity index (χ1n) is 9.88. The van der Waals surface area contributed by atoms with E-state index in [1.165, 1.54) is 6.20 Å². The molecule has 0 saturated heterocycles. The monoisotopic (exact) mass is 481 g/mol. The Kier molecular flexibility index (Phi) is 5.22. The molecule has 0 atom stereocenters. The molecule has 0 aliphatic rings. The van der Waals surface area contributed by atoms with Gasteiger partial charge < -0.3 is 4.57 Å². The van der Waals surface area contributed by atoms with Crippen molar-refractivity contribution in [1.29, 1.82) is 0 Å². The summed E-state index contributed by atoms with van der Waals surface area (Å²) < 4.78 is 42.9. The number of anilines is 1. The van der Waals surface area contributed by atoms with Crippen LogP contribution in [-0.2, 0) is 17.1 Å². The minimum absolute atomic E-state index is 0.339. The van der Waals surface area contributed by atoms with Gasteiger partial charge in [0.05, 0.1) is 23.6 Å². The van der Waals surface area contributed by atoms with E-state index in [0.29, 0.717) is 33.5 Å². The minimum atomic E-state index is -3.63. The molecule has 5 rings (SSSR count). The van der Waals surface area contributed by atoms with Crippen LogP contribution in [0.1, 0.15) is 0 Å². The fourth-order valence-electron chi connectivity index (χ4n) is 3.88. The third-order valence-electron chi connectivity index (χ3n) is 5.39. The first kappa shape index (κ1) is 21.3. The zero-order valence-corrected chi connectivity index (χ0v) is 18.9. The van der Waals surface area contributed by atoms with Gasteiger partial charge in [-0.05, 0) is 35.9 Å². The fraction of sp³-hybridized carbons (Fsp3) is 0.0870. The lowest BCUT2D eigenvalue weighted by atomic mass is 10.0. The standard InChI is InChI=1S/C23H17ClFN5O2S/c1-30-20-12-27-19(15-3-2-8-26-10-15)9-17(20)22-21(18(25)11-28-23(22)30)14-4-6-16(7-5-14)29-33(31,32)13-24/h2-12,29H,13H2,1H3. The van der Waals surface area contributed by atoms with Crippen molar-refractivity contribution in [2.45, 2.75) is 0 Å². The highest BCUT2D eigenvalue weighted by Crippen LogP contribution is 2.38. The third kappa shape index (κ3) is 3.79. The average Bonchev–Trinajstić information content (AvgIpc) is 3.11. The number of hydrogen-bond donors (Lipinski definition) is 1. The van der Waals surface area contributed by atoms with Crippen molar-refractivity contribution in [3.05, 3.63) is 73.1 Å². The predicted molar refractivity (Wildman–Crippen MR) is 128 cm³/mol. The number of rotatable bonds is 5. The number of nitrogens with one attached hydrogen (secondary N) is 1. The van der Waals surface area contributed by atoms with Gasteiger partial charge in [-0.2, -0.15) is 0 Å². The largest absolute Gasteiger partial charge is 0.327 e. The molecule has 0 amide bonds. The quantitative estimate of drug-likeness (QED) is 0.359. The Morgan fingerprint density at radius 3 is 2.55 bits per heavy atom. The number of fused-ring (bicyclic) bond motifs is 3. The van der Waals surface area contributed by atoms with Gasteiger partial charge in [-0.15, -0.1) is 11.6 Å². The number of benzene rings is 1. The summed E-state index contributed by atoms with van der Waals surface area (Å²) in [4.78, 5) is 13.0. The molecule has 7 nitrogen and oxygen atoms in total. The summed E-state index contributed by atoms with van der Waals surface area (Å²) in [5.74, 6) is -0.483. The Balaban J connectivity index is 1.72. The van der Waals surface area contributed by atoms with E-state index in [4.69, 9.17) is 11.6 Å². The van der Waals surface area contributed by atoms with E-state index in [9.17, 15) is 8.42 Å². The second-order valence-electron chi connectivity index (χ2n) is 7.47. The van der Waals surface area contributed by atoms with Gasteiger partial charge in [0.25, 0.3) is 0 Å². The van der Waals surface area contributed by atoms with E-state index in [-0.39, 0.29) is 0 Å². The molecule has 4 aromatic heterocycles. The van der Waals surface area contributed by atoms with Crippen LogP contribution in [0.5, 0.6) is 0 Å². The van der Waals surface area contributed by atoms with Crippen LogP contribution in [0.2, 0.25) is 0 Å². The Morgan fingerprint density at radius 1 is 1.06 bits per heavy atom. The molecule has 0 radical (unpaired) electrons. The Hall–Kier alpha value is -3.56. The second-order valence-corrected chi connectivity index (χ2v) is 9.78. The molecule has 0 bridgehead atoms. The molecule has 0 spiro atoms. The molecule has 1 N–H and O–H groups in total. The zero-order valence-electron chi connectivity index (χ0n) is 17.3. The molecular formula is C23H17ClFN5O2S. The molecule has 0 fully saturated rings. The van der Waals surface area contributed by atoms with Crippen molar-refractivity contribution in [3.8, 4) is 22.4 Å². The third-order valence-corrected chi connectivity index (χ3v) is 7.09. The average molecular weight is 482 g/mol. The topological polar surface area (TPSA) is 89.8 Å². The second kappa shape index (κ2) is 8.09. The first-order valence-corrected chi connectivity index (χ1v) is 12.1. The Labute approximate surface area is 193 Å². The predicted octanol–water partition coefficient (Wildman–Crippen LogP) is 4.93. The first-order chi connectivity index (χ1) is 15.9. The van der Waals surface area contributed by atoms with Crippen molar-refractivity contribution in [1.82, 2.24) is 19.5 Å². The van der Waals surface area contributed by atoms with E-state index in [0.717, 1.165) is 16.5 Å². The number of pyridine rings is 3. The highest BCUT2D eigenvalue weighted by atomic mass is 35.5. The number of hydrogen-bond acceptors (Lipinski definition) is 5. The maximum absolute atomic E-state index is 15.2. The molecule has 5 aromatic rings. The van der Waals surface area contributed by atoms with Gasteiger partial charge in [-0.3, -0.25) is 14.7 Å². The molecule has 0 aliphatic carbocycles. The van der Waals surface area contributed by atoms with E-state index < -0.39 is 21.1 Å². The number of sulfonamides is 1. The summed E-state index contributed by atoms with van der Waals surface area (Å²) in [6.07, 6.45) is 6.34. The highest BCUT2D eigenvalue weighted by Gasteiger charge is 2.19. The zero-order chi connectivity index (χ0) is 23.2. The molecule has 1 aromatic carbocycles. The maximum Gasteiger partial charge on any atom is 0.246 e. The number of halogens is 2. The SMILES string of the molecule is Cn1c2cnc(-c3cccnc3)cc2c2c(-c3ccc(NS(=O)(=O)CCl)cc3)c(F)cnc21. The summed E-state index contributed by atoms with van der Waals surface area (Å²) in [5.41, 5.74) is 4.28. The summed E-state index contributed by atoms with van der Waals surface area (Å²) in [7, 11) is -1.78. The Morgan fingerprint density at radius 2 is 1.85 bits per heavy atom. The smallest absolute Gasteiger partial charge is 0.246 e. The lowest BCUT2D eigenvalue weighted by Gasteiger charge is -2.09. The van der Waals surface area contributed by atoms with Crippen LogP contribution in [0, 0.1) is 5.82 Å². The molecular weight excluding hydrogens is 465 g/mol. The number of nitrogens with zero attached hydrogens (tertiary/aromatic N) is 4. The number of alkyl halides is 1. The Bertz CT molecular complexity index is 1600. The van der Waals surface area contributed by atoms with Crippen LogP contribution >= 0.6 is 11.6 Å². The van der Waals surface area contributed by atoms with E-state index in [1.54, 1.807) is 42.9 Å². The van der Waals surface area contributed by atoms with Gasteiger partial charge in [-0.1, -0.05) is 12.1 Å². The van der Waals surface area contributed by atoms with Crippen LogP contribution in [-0.4, -0.2) is 33.1 Å². The normalized spacial score (nSPS) is 11.8. The van der Waals surface area contributed by atoms with Crippen molar-refractivity contribution < 1.29 is 12.8 Å². The van der Waals surface area contributed by atoms with E-state index in [2.05, 4.69) is 19.7 Å². The van der Waals surface area contributed by atoms with E-state index in [1.807, 2.05) is 29.8 Å². The van der Waals surface area contributed by atoms with Gasteiger partial charge in [-0.25, -0.2) is 17.8 Å². The van der Waals surface area contributed by atoms with Gasteiger partial charge in [0.15, 0.2) is 0 Å². The lowest BCUT2D eigenvalue weighted by Crippen LogP contribution is -2.13. The van der Waals surface area contributed by atoms with Crippen LogP contribution in [0.25, 0.3) is 44.3 Å². The summed E-state index contributed by atoms with van der Waals surface area (Å²) in [6.45, 7) is 0. The van der Waals surface area contributed by atoms with Crippen LogP contribution in [0.15, 0.2) is 67.3 Å². The highest BCUT2D eigenvalue weighted by molar-refractivity contribution is 7.93. The molecule has 33 heavy (non-hydrogen) atoms. The van der Waals surface area contributed by atoms with Crippen molar-refractivity contribution in [2.75, 3.05) is 9.93 Å². The van der Waals surface area contributed by atoms with Gasteiger partial charge in [0.2, 0.25) is 10.0 Å². The number of aromatic nitrogens is 4. The summed E-state index contributed by atoms with van der Waals surface area (Å²) in [5, 5.41) is 0.891. The van der Waals surface area contributed by atoms with Crippen molar-refractivity contribution in [3.63, 3.8) is 0 Å². The van der Waals surface area contributed by atoms with Gasteiger partial charge >= 0.3 is 0 Å². The fourth-order valence-corrected chi connectivity index (χ4v) is 4.60. The summed E-state index contributed by atoms with van der Waals surface area (Å²) in [6, 6.07) is 12.1. The number of aryl methyl sites for hydroxylation is 1. The van der Waals surface area contributed by atoms with E-state index >= 15 is 4.39 Å². The van der Waals surface area contributed by atoms with Crippen molar-refractivity contribution >= 4 is 49.2 Å². The van der Waals surface area contributed by atoms with Gasteiger partial charge in [0, 0.05) is 47.0 Å². The molecule has 4 heterocycles. The maximum atomic E-state index is 15.2. The lowest BCUT2D eigenvalue weighted by molar-refractivity contribution is 0.605.